The molecule has 3 aromatic carbocycles. The van der Waals surface area contributed by atoms with E-state index in [1.807, 2.05) is 0 Å². The first-order chi connectivity index (χ1) is 16.6. The van der Waals surface area contributed by atoms with Crippen LogP contribution in [0.2, 0.25) is 19.6 Å². The molecule has 2 aromatic heterocycles. The minimum absolute atomic E-state index is 0.195. The molecule has 0 spiro atoms. The molecule has 0 saturated heterocycles. The first-order valence-electron chi connectivity index (χ1n) is 12.6. The lowest BCUT2D eigenvalue weighted by Gasteiger charge is -2.32. The molecule has 5 aromatic rings. The minimum atomic E-state index is -1.52. The van der Waals surface area contributed by atoms with Gasteiger partial charge in [-0.2, -0.15) is 0 Å². The molecule has 0 aliphatic carbocycles. The van der Waals surface area contributed by atoms with Gasteiger partial charge in [-0.25, -0.2) is 0 Å². The number of aromatic nitrogens is 2. The lowest BCUT2D eigenvalue weighted by Crippen LogP contribution is -2.42. The lowest BCUT2D eigenvalue weighted by atomic mass is 9.78. The van der Waals surface area contributed by atoms with E-state index in [1.165, 1.54) is 43.8 Å². The molecule has 1 atom stereocenters. The van der Waals surface area contributed by atoms with Gasteiger partial charge in [-0.15, -0.1) is 0 Å². The van der Waals surface area contributed by atoms with E-state index >= 15 is 0 Å². The zero-order chi connectivity index (χ0) is 25.0. The lowest BCUT2D eigenvalue weighted by molar-refractivity contribution is 0.340. The van der Waals surface area contributed by atoms with E-state index in [2.05, 4.69) is 137 Å². The van der Waals surface area contributed by atoms with Gasteiger partial charge in [-0.3, -0.25) is 4.98 Å². The molecule has 0 saturated carbocycles. The van der Waals surface area contributed by atoms with Crippen molar-refractivity contribution in [2.75, 3.05) is 0 Å². The molecule has 178 valence electrons. The standard InChI is InChI=1S/C32H36N2Si/c1-22(32(2,3)4)26-20-28(33-21-31(26)35(5,6)7)23-17-18-30-27(19-23)25-15-11-12-16-29(25)34(30)24-13-9-8-10-14-24/h8-22H,1-7H3. The summed E-state index contributed by atoms with van der Waals surface area (Å²) in [7, 11) is -1.52. The average molecular weight is 477 g/mol. The molecule has 0 N–H and O–H groups in total. The van der Waals surface area contributed by atoms with E-state index in [9.17, 15) is 0 Å². The Bertz CT molecular complexity index is 1520. The third kappa shape index (κ3) is 4.23. The Balaban J connectivity index is 1.72. The van der Waals surface area contributed by atoms with Crippen molar-refractivity contribution in [2.24, 2.45) is 5.41 Å². The van der Waals surface area contributed by atoms with Crippen LogP contribution in [-0.2, 0) is 0 Å². The summed E-state index contributed by atoms with van der Waals surface area (Å²) in [5.41, 5.74) is 7.55. The molecule has 0 aliphatic rings. The van der Waals surface area contributed by atoms with Gasteiger partial charge < -0.3 is 4.57 Å². The van der Waals surface area contributed by atoms with Crippen LogP contribution >= 0.6 is 0 Å². The summed E-state index contributed by atoms with van der Waals surface area (Å²) >= 11 is 0. The topological polar surface area (TPSA) is 17.8 Å². The fourth-order valence-corrected chi connectivity index (χ4v) is 6.67. The van der Waals surface area contributed by atoms with Crippen LogP contribution in [-0.4, -0.2) is 17.6 Å². The Hall–Kier alpha value is -3.17. The van der Waals surface area contributed by atoms with Gasteiger partial charge in [0.25, 0.3) is 0 Å². The molecular formula is C32H36N2Si. The van der Waals surface area contributed by atoms with Crippen molar-refractivity contribution in [2.45, 2.75) is 53.3 Å². The maximum absolute atomic E-state index is 5.02. The molecule has 2 nitrogen and oxygen atoms in total. The second-order valence-electron chi connectivity index (χ2n) is 11.9. The highest BCUT2D eigenvalue weighted by Gasteiger charge is 2.29. The second-order valence-corrected chi connectivity index (χ2v) is 17.0. The van der Waals surface area contributed by atoms with Crippen LogP contribution in [0, 0.1) is 5.41 Å². The Morgan fingerprint density at radius 1 is 0.771 bits per heavy atom. The summed E-state index contributed by atoms with van der Waals surface area (Å²) in [4.78, 5) is 5.02. The minimum Gasteiger partial charge on any atom is -0.309 e. The summed E-state index contributed by atoms with van der Waals surface area (Å²) in [5, 5.41) is 4.02. The molecule has 5 rings (SSSR count). The van der Waals surface area contributed by atoms with Crippen molar-refractivity contribution in [1.82, 2.24) is 9.55 Å². The predicted octanol–water partition coefficient (Wildman–Crippen LogP) is 8.54. The summed E-state index contributed by atoms with van der Waals surface area (Å²) in [6, 6.07) is 28.5. The van der Waals surface area contributed by atoms with Crippen LogP contribution in [0.25, 0.3) is 38.8 Å². The highest BCUT2D eigenvalue weighted by molar-refractivity contribution is 6.89. The van der Waals surface area contributed by atoms with E-state index in [4.69, 9.17) is 4.98 Å². The van der Waals surface area contributed by atoms with E-state index in [0.717, 1.165) is 5.69 Å². The Morgan fingerprint density at radius 3 is 2.11 bits per heavy atom. The van der Waals surface area contributed by atoms with Crippen LogP contribution in [0.3, 0.4) is 0 Å². The van der Waals surface area contributed by atoms with E-state index in [-0.39, 0.29) is 5.41 Å². The average Bonchev–Trinajstić information content (AvgIpc) is 3.16. The van der Waals surface area contributed by atoms with Gasteiger partial charge in [0.2, 0.25) is 0 Å². The highest BCUT2D eigenvalue weighted by Crippen LogP contribution is 2.37. The van der Waals surface area contributed by atoms with Gasteiger partial charge in [-0.1, -0.05) is 89.8 Å². The quantitative estimate of drug-likeness (QED) is 0.238. The number of fused-ring (bicyclic) bond motifs is 3. The van der Waals surface area contributed by atoms with E-state index in [1.54, 1.807) is 0 Å². The van der Waals surface area contributed by atoms with Crippen molar-refractivity contribution in [3.63, 3.8) is 0 Å². The number of hydrogen-bond acceptors (Lipinski definition) is 1. The number of benzene rings is 3. The number of pyridine rings is 1. The van der Waals surface area contributed by atoms with Gasteiger partial charge >= 0.3 is 0 Å². The molecule has 35 heavy (non-hydrogen) atoms. The molecule has 0 amide bonds. The monoisotopic (exact) mass is 476 g/mol. The third-order valence-electron chi connectivity index (χ3n) is 7.49. The van der Waals surface area contributed by atoms with Crippen LogP contribution in [0.15, 0.2) is 85.1 Å². The molecule has 0 bridgehead atoms. The molecule has 0 fully saturated rings. The Labute approximate surface area is 210 Å². The number of para-hydroxylation sites is 2. The summed E-state index contributed by atoms with van der Waals surface area (Å²) in [6.07, 6.45) is 2.18. The van der Waals surface area contributed by atoms with E-state index in [0.29, 0.717) is 5.92 Å². The summed E-state index contributed by atoms with van der Waals surface area (Å²) < 4.78 is 2.36. The van der Waals surface area contributed by atoms with Gasteiger partial charge in [0.1, 0.15) is 0 Å². The molecule has 2 heterocycles. The van der Waals surface area contributed by atoms with Gasteiger partial charge in [0, 0.05) is 28.2 Å². The van der Waals surface area contributed by atoms with Gasteiger partial charge in [0.05, 0.1) is 24.8 Å². The fourth-order valence-electron chi connectivity index (χ4n) is 5.07. The summed E-state index contributed by atoms with van der Waals surface area (Å²) in [5.74, 6) is 0.453. The first-order valence-corrected chi connectivity index (χ1v) is 16.1. The van der Waals surface area contributed by atoms with Crippen molar-refractivity contribution in [3.8, 4) is 16.9 Å². The summed E-state index contributed by atoms with van der Waals surface area (Å²) in [6.45, 7) is 16.7. The van der Waals surface area contributed by atoms with E-state index < -0.39 is 8.07 Å². The number of rotatable bonds is 4. The number of hydrogen-bond donors (Lipinski definition) is 0. The van der Waals surface area contributed by atoms with Gasteiger partial charge in [0.15, 0.2) is 0 Å². The third-order valence-corrected chi connectivity index (χ3v) is 9.53. The first kappa shape index (κ1) is 23.6. The van der Waals surface area contributed by atoms with Crippen LogP contribution in [0.4, 0.5) is 0 Å². The largest absolute Gasteiger partial charge is 0.309 e. The highest BCUT2D eigenvalue weighted by atomic mass is 28.3. The molecule has 0 aliphatic heterocycles. The zero-order valence-corrected chi connectivity index (χ0v) is 23.1. The Morgan fingerprint density at radius 2 is 1.43 bits per heavy atom. The van der Waals surface area contributed by atoms with Crippen molar-refractivity contribution in [1.29, 1.82) is 0 Å². The molecule has 1 unspecified atom stereocenters. The van der Waals surface area contributed by atoms with Crippen LogP contribution in [0.5, 0.6) is 0 Å². The van der Waals surface area contributed by atoms with Crippen LogP contribution < -0.4 is 5.19 Å². The maximum Gasteiger partial charge on any atom is 0.0799 e. The second kappa shape index (κ2) is 8.49. The van der Waals surface area contributed by atoms with Crippen LogP contribution in [0.1, 0.15) is 39.2 Å². The van der Waals surface area contributed by atoms with Crippen molar-refractivity contribution < 1.29 is 0 Å². The number of nitrogens with zero attached hydrogens (tertiary/aromatic N) is 2. The maximum atomic E-state index is 5.02. The normalized spacial score (nSPS) is 13.5. The zero-order valence-electron chi connectivity index (χ0n) is 22.1. The predicted molar refractivity (Wildman–Crippen MR) is 155 cm³/mol. The van der Waals surface area contributed by atoms with Crippen molar-refractivity contribution in [3.05, 3.63) is 90.6 Å². The molecule has 3 heteroatoms. The SMILES string of the molecule is CC(c1cc(-c2ccc3c(c2)c2ccccc2n3-c2ccccc2)ncc1[Si](C)(C)C)C(C)(C)C. The van der Waals surface area contributed by atoms with Crippen molar-refractivity contribution >= 4 is 35.1 Å². The molecule has 0 radical (unpaired) electrons. The fraction of sp³-hybridized carbons (Fsp3) is 0.281. The van der Waals surface area contributed by atoms with Gasteiger partial charge in [-0.05, 0) is 58.5 Å². The molecular weight excluding hydrogens is 440 g/mol. The Kier molecular flexibility index (Phi) is 5.72. The smallest absolute Gasteiger partial charge is 0.0799 e.